The summed E-state index contributed by atoms with van der Waals surface area (Å²) in [6.45, 7) is 1.62. The summed E-state index contributed by atoms with van der Waals surface area (Å²) >= 11 is 0. The molecule has 2 aliphatic heterocycles. The Morgan fingerprint density at radius 2 is 1.74 bits per heavy atom. The molecular weight excluding hydrogens is 288 g/mol. The fourth-order valence-electron chi connectivity index (χ4n) is 3.34. The van der Waals surface area contributed by atoms with E-state index in [1.807, 2.05) is 64.5 Å². The van der Waals surface area contributed by atoms with E-state index in [4.69, 9.17) is 5.26 Å². The standard InChI is InChI=1S/C18H16N4O/c19-13-14-7-9-15(10-8-14)17-20-11-4-12-21(20)18(23)22(17)16-5-2-1-3-6-16/h1-3,5-10,17H,4,11-12H2. The second-order valence-electron chi connectivity index (χ2n) is 5.74. The molecule has 2 fully saturated rings. The lowest BCUT2D eigenvalue weighted by Gasteiger charge is -2.28. The number of benzene rings is 2. The van der Waals surface area contributed by atoms with Gasteiger partial charge in [0.05, 0.1) is 11.6 Å². The SMILES string of the molecule is N#Cc1ccc(C2N(c3ccccc3)C(=O)N3CCCN23)cc1. The maximum Gasteiger partial charge on any atom is 0.340 e. The number of para-hydroxylation sites is 1. The Kier molecular flexibility index (Phi) is 3.25. The number of carbonyl (C=O) groups is 1. The normalized spacial score (nSPS) is 20.7. The van der Waals surface area contributed by atoms with E-state index in [2.05, 4.69) is 11.1 Å². The minimum Gasteiger partial charge on any atom is -0.271 e. The van der Waals surface area contributed by atoms with Crippen LogP contribution in [0.5, 0.6) is 0 Å². The van der Waals surface area contributed by atoms with E-state index in [1.165, 1.54) is 0 Å². The largest absolute Gasteiger partial charge is 0.340 e. The molecule has 114 valence electrons. The number of nitrogens with zero attached hydrogens (tertiary/aromatic N) is 4. The molecule has 5 heteroatoms. The summed E-state index contributed by atoms with van der Waals surface area (Å²) in [6.07, 6.45) is 0.835. The van der Waals surface area contributed by atoms with Crippen molar-refractivity contribution in [3.05, 3.63) is 65.7 Å². The minimum atomic E-state index is -0.153. The van der Waals surface area contributed by atoms with Gasteiger partial charge in [0.1, 0.15) is 6.17 Å². The van der Waals surface area contributed by atoms with Gasteiger partial charge in [-0.3, -0.25) is 9.91 Å². The van der Waals surface area contributed by atoms with Gasteiger partial charge in [-0.2, -0.15) is 10.3 Å². The van der Waals surface area contributed by atoms with Crippen LogP contribution >= 0.6 is 0 Å². The first-order valence-electron chi connectivity index (χ1n) is 7.72. The number of anilines is 1. The van der Waals surface area contributed by atoms with Crippen LogP contribution in [0.4, 0.5) is 10.5 Å². The fourth-order valence-corrected chi connectivity index (χ4v) is 3.34. The molecule has 0 N–H and O–H groups in total. The van der Waals surface area contributed by atoms with Crippen LogP contribution in [0.25, 0.3) is 0 Å². The highest BCUT2D eigenvalue weighted by molar-refractivity contribution is 5.94. The van der Waals surface area contributed by atoms with Gasteiger partial charge < -0.3 is 0 Å². The Morgan fingerprint density at radius 1 is 1.00 bits per heavy atom. The molecule has 2 amide bonds. The van der Waals surface area contributed by atoms with Crippen LogP contribution in [-0.2, 0) is 0 Å². The summed E-state index contributed by atoms with van der Waals surface area (Å²) in [6, 6.07) is 19.4. The smallest absolute Gasteiger partial charge is 0.271 e. The van der Waals surface area contributed by atoms with Gasteiger partial charge in [0.15, 0.2) is 0 Å². The average molecular weight is 304 g/mol. The first kappa shape index (κ1) is 13.8. The van der Waals surface area contributed by atoms with Crippen molar-refractivity contribution < 1.29 is 4.79 Å². The Bertz CT molecular complexity index is 766. The summed E-state index contributed by atoms with van der Waals surface area (Å²) in [4.78, 5) is 14.7. The molecule has 0 saturated carbocycles. The van der Waals surface area contributed by atoms with Crippen LogP contribution < -0.4 is 4.90 Å². The number of urea groups is 1. The summed E-state index contributed by atoms with van der Waals surface area (Å²) in [5.74, 6) is 0. The lowest BCUT2D eigenvalue weighted by atomic mass is 10.1. The van der Waals surface area contributed by atoms with Crippen molar-refractivity contribution in [2.24, 2.45) is 0 Å². The summed E-state index contributed by atoms with van der Waals surface area (Å²) < 4.78 is 0. The third-order valence-corrected chi connectivity index (χ3v) is 4.39. The number of hydrogen-bond donors (Lipinski definition) is 0. The van der Waals surface area contributed by atoms with Gasteiger partial charge >= 0.3 is 6.03 Å². The van der Waals surface area contributed by atoms with Gasteiger partial charge in [-0.05, 0) is 36.2 Å². The summed E-state index contributed by atoms with van der Waals surface area (Å²) in [7, 11) is 0. The first-order valence-corrected chi connectivity index (χ1v) is 7.72. The molecule has 0 aromatic heterocycles. The number of hydrogen-bond acceptors (Lipinski definition) is 3. The van der Waals surface area contributed by atoms with Gasteiger partial charge in [0.2, 0.25) is 0 Å². The lowest BCUT2D eigenvalue weighted by molar-refractivity contribution is 0.0728. The number of amides is 2. The van der Waals surface area contributed by atoms with Gasteiger partial charge in [0, 0.05) is 18.8 Å². The predicted molar refractivity (Wildman–Crippen MR) is 86.2 cm³/mol. The van der Waals surface area contributed by atoms with Crippen LogP contribution in [0.1, 0.15) is 23.7 Å². The molecule has 0 spiro atoms. The quantitative estimate of drug-likeness (QED) is 0.856. The molecule has 0 bridgehead atoms. The van der Waals surface area contributed by atoms with Gasteiger partial charge in [-0.15, -0.1) is 0 Å². The average Bonchev–Trinajstić information content (AvgIpc) is 3.18. The second-order valence-corrected chi connectivity index (χ2v) is 5.74. The molecule has 1 atom stereocenters. The van der Waals surface area contributed by atoms with Crippen molar-refractivity contribution in [3.8, 4) is 6.07 Å². The van der Waals surface area contributed by atoms with Crippen LogP contribution in [0.3, 0.4) is 0 Å². The van der Waals surface area contributed by atoms with Gasteiger partial charge in [0.25, 0.3) is 0 Å². The zero-order valence-electron chi connectivity index (χ0n) is 12.6. The molecule has 2 aromatic carbocycles. The van der Waals surface area contributed by atoms with Crippen LogP contribution in [-0.4, -0.2) is 29.1 Å². The zero-order chi connectivity index (χ0) is 15.8. The van der Waals surface area contributed by atoms with Crippen molar-refractivity contribution >= 4 is 11.7 Å². The Balaban J connectivity index is 1.79. The highest BCUT2D eigenvalue weighted by Gasteiger charge is 2.47. The van der Waals surface area contributed by atoms with E-state index in [0.717, 1.165) is 30.8 Å². The molecule has 5 nitrogen and oxygen atoms in total. The molecule has 2 heterocycles. The highest BCUT2D eigenvalue weighted by atomic mass is 16.2. The third kappa shape index (κ3) is 2.16. The molecule has 2 saturated heterocycles. The summed E-state index contributed by atoms with van der Waals surface area (Å²) in [5, 5.41) is 12.9. The van der Waals surface area contributed by atoms with Crippen molar-refractivity contribution in [1.82, 2.24) is 10.0 Å². The maximum absolute atomic E-state index is 12.9. The third-order valence-electron chi connectivity index (χ3n) is 4.39. The van der Waals surface area contributed by atoms with Gasteiger partial charge in [-0.1, -0.05) is 30.3 Å². The minimum absolute atomic E-state index is 0.0167. The van der Waals surface area contributed by atoms with E-state index in [1.54, 1.807) is 0 Å². The Morgan fingerprint density at radius 3 is 2.43 bits per heavy atom. The molecule has 4 rings (SSSR count). The van der Waals surface area contributed by atoms with E-state index in [-0.39, 0.29) is 12.2 Å². The molecule has 0 aliphatic carbocycles. The number of nitriles is 1. The molecular formula is C18H16N4O. The van der Waals surface area contributed by atoms with Crippen molar-refractivity contribution in [2.75, 3.05) is 18.0 Å². The van der Waals surface area contributed by atoms with Crippen molar-refractivity contribution in [1.29, 1.82) is 5.26 Å². The Labute approximate surface area is 134 Å². The van der Waals surface area contributed by atoms with Crippen LogP contribution in [0.15, 0.2) is 54.6 Å². The maximum atomic E-state index is 12.9. The molecule has 0 radical (unpaired) electrons. The number of fused-ring (bicyclic) bond motifs is 1. The number of carbonyl (C=O) groups excluding carboxylic acids is 1. The monoisotopic (exact) mass is 304 g/mol. The van der Waals surface area contributed by atoms with Gasteiger partial charge in [-0.25, -0.2) is 4.79 Å². The molecule has 23 heavy (non-hydrogen) atoms. The zero-order valence-corrected chi connectivity index (χ0v) is 12.6. The van der Waals surface area contributed by atoms with E-state index >= 15 is 0 Å². The van der Waals surface area contributed by atoms with E-state index < -0.39 is 0 Å². The molecule has 1 unspecified atom stereocenters. The molecule has 2 aliphatic rings. The van der Waals surface area contributed by atoms with Crippen LogP contribution in [0, 0.1) is 11.3 Å². The lowest BCUT2D eigenvalue weighted by Crippen LogP contribution is -2.32. The van der Waals surface area contributed by atoms with Crippen LogP contribution in [0.2, 0.25) is 0 Å². The Hall–Kier alpha value is -2.84. The van der Waals surface area contributed by atoms with Crippen molar-refractivity contribution in [3.63, 3.8) is 0 Å². The van der Waals surface area contributed by atoms with E-state index in [0.29, 0.717) is 5.56 Å². The molecule has 2 aromatic rings. The predicted octanol–water partition coefficient (Wildman–Crippen LogP) is 3.12. The fraction of sp³-hybridized carbons (Fsp3) is 0.222. The van der Waals surface area contributed by atoms with Crippen molar-refractivity contribution in [2.45, 2.75) is 12.6 Å². The number of hydrazine groups is 1. The topological polar surface area (TPSA) is 50.6 Å². The first-order chi connectivity index (χ1) is 11.3. The summed E-state index contributed by atoms with van der Waals surface area (Å²) in [5.41, 5.74) is 2.54. The number of rotatable bonds is 2. The van der Waals surface area contributed by atoms with E-state index in [9.17, 15) is 4.79 Å². The highest BCUT2D eigenvalue weighted by Crippen LogP contribution is 2.40. The second kappa shape index (κ2) is 5.41.